The summed E-state index contributed by atoms with van der Waals surface area (Å²) in [6.45, 7) is 4.81. The van der Waals surface area contributed by atoms with Crippen molar-refractivity contribution in [1.29, 1.82) is 0 Å². The molecule has 1 saturated heterocycles. The highest BCUT2D eigenvalue weighted by Crippen LogP contribution is 2.34. The standard InChI is InChI=1S/C25H28N6O2S2/c1-15(2)28-20-10-23(29-16-6-7-19-22(9-16)35-14-27-19)26-11-18(20)24-30-21(13-34-24)25(33)31-8-4-3-5-17(31)12-32/h6-7,9-11,13-15,17,32H,3-5,8,12H2,1-2H3,(H2,26,28,29). The van der Waals surface area contributed by atoms with Crippen molar-refractivity contribution < 1.29 is 9.90 Å². The van der Waals surface area contributed by atoms with Crippen LogP contribution in [0.5, 0.6) is 0 Å². The first-order chi connectivity index (χ1) is 17.0. The number of nitrogens with zero attached hydrogens (tertiary/aromatic N) is 4. The number of fused-ring (bicyclic) bond motifs is 1. The number of nitrogens with one attached hydrogen (secondary N) is 2. The van der Waals surface area contributed by atoms with E-state index in [-0.39, 0.29) is 24.6 Å². The van der Waals surface area contributed by atoms with Gasteiger partial charge in [-0.15, -0.1) is 22.7 Å². The van der Waals surface area contributed by atoms with Crippen LogP contribution in [0.1, 0.15) is 43.6 Å². The number of benzene rings is 1. The number of likely N-dealkylation sites (tertiary alicyclic amines) is 1. The van der Waals surface area contributed by atoms with E-state index in [0.717, 1.165) is 51.4 Å². The Morgan fingerprint density at radius 2 is 2.11 bits per heavy atom. The highest BCUT2D eigenvalue weighted by molar-refractivity contribution is 7.16. The number of rotatable bonds is 7. The van der Waals surface area contributed by atoms with Crippen molar-refractivity contribution in [1.82, 2.24) is 19.9 Å². The van der Waals surface area contributed by atoms with Crippen molar-refractivity contribution in [2.24, 2.45) is 0 Å². The zero-order valence-corrected chi connectivity index (χ0v) is 21.3. The monoisotopic (exact) mass is 508 g/mol. The molecular formula is C25H28N6O2S2. The second kappa shape index (κ2) is 10.3. The predicted octanol–water partition coefficient (Wildman–Crippen LogP) is 5.37. The van der Waals surface area contributed by atoms with E-state index in [0.29, 0.717) is 18.1 Å². The van der Waals surface area contributed by atoms with Crippen LogP contribution in [0.3, 0.4) is 0 Å². The SMILES string of the molecule is CC(C)Nc1cc(Nc2ccc3ncsc3c2)ncc1-c1nc(C(=O)N2CCCCC2CO)cs1. The van der Waals surface area contributed by atoms with Crippen molar-refractivity contribution in [3.63, 3.8) is 0 Å². The van der Waals surface area contributed by atoms with Crippen molar-refractivity contribution in [2.45, 2.75) is 45.2 Å². The zero-order chi connectivity index (χ0) is 24.4. The fourth-order valence-corrected chi connectivity index (χ4v) is 5.84. The number of anilines is 3. The van der Waals surface area contributed by atoms with E-state index in [1.54, 1.807) is 27.8 Å². The maximum Gasteiger partial charge on any atom is 0.273 e. The molecule has 10 heteroatoms. The van der Waals surface area contributed by atoms with Gasteiger partial charge in [-0.3, -0.25) is 4.79 Å². The third-order valence-corrected chi connectivity index (χ3v) is 7.67. The van der Waals surface area contributed by atoms with Gasteiger partial charge < -0.3 is 20.6 Å². The van der Waals surface area contributed by atoms with Crippen LogP contribution >= 0.6 is 22.7 Å². The zero-order valence-electron chi connectivity index (χ0n) is 19.7. The van der Waals surface area contributed by atoms with E-state index in [1.807, 2.05) is 23.7 Å². The van der Waals surface area contributed by atoms with Gasteiger partial charge in [0.25, 0.3) is 5.91 Å². The van der Waals surface area contributed by atoms with Gasteiger partial charge >= 0.3 is 0 Å². The molecule has 182 valence electrons. The van der Waals surface area contributed by atoms with Crippen molar-refractivity contribution >= 4 is 56.0 Å². The minimum Gasteiger partial charge on any atom is -0.394 e. The number of hydrogen-bond donors (Lipinski definition) is 3. The first-order valence-corrected chi connectivity index (χ1v) is 13.5. The van der Waals surface area contributed by atoms with Crippen LogP contribution in [0.15, 0.2) is 41.4 Å². The molecule has 1 aliphatic rings. The largest absolute Gasteiger partial charge is 0.394 e. The third kappa shape index (κ3) is 5.14. The van der Waals surface area contributed by atoms with Gasteiger partial charge in [0.05, 0.1) is 33.9 Å². The molecule has 5 rings (SSSR count). The minimum atomic E-state index is -0.129. The Hall–Kier alpha value is -3.08. The highest BCUT2D eigenvalue weighted by atomic mass is 32.1. The second-order valence-corrected chi connectivity index (χ2v) is 10.7. The minimum absolute atomic E-state index is 0.0144. The molecule has 0 aliphatic carbocycles. The molecule has 0 spiro atoms. The first kappa shape index (κ1) is 23.7. The highest BCUT2D eigenvalue weighted by Gasteiger charge is 2.28. The van der Waals surface area contributed by atoms with Gasteiger partial charge in [0.1, 0.15) is 16.5 Å². The van der Waals surface area contributed by atoms with E-state index < -0.39 is 0 Å². The molecule has 1 amide bonds. The molecule has 1 aliphatic heterocycles. The van der Waals surface area contributed by atoms with Gasteiger partial charge in [-0.05, 0) is 51.3 Å². The van der Waals surface area contributed by atoms with Gasteiger partial charge in [-0.1, -0.05) is 0 Å². The summed E-state index contributed by atoms with van der Waals surface area (Å²) in [6.07, 6.45) is 4.61. The first-order valence-electron chi connectivity index (χ1n) is 11.8. The molecule has 1 atom stereocenters. The van der Waals surface area contributed by atoms with Crippen LogP contribution in [0, 0.1) is 0 Å². The number of pyridine rings is 1. The quantitative estimate of drug-likeness (QED) is 0.308. The summed E-state index contributed by atoms with van der Waals surface area (Å²) in [5.41, 5.74) is 5.93. The number of amides is 1. The van der Waals surface area contributed by atoms with Crippen LogP contribution < -0.4 is 10.6 Å². The fourth-order valence-electron chi connectivity index (χ4n) is 4.31. The Bertz CT molecular complexity index is 1330. The number of aliphatic hydroxyl groups excluding tert-OH is 1. The Morgan fingerprint density at radius 3 is 2.94 bits per heavy atom. The van der Waals surface area contributed by atoms with Crippen LogP contribution in [0.2, 0.25) is 0 Å². The average molecular weight is 509 g/mol. The van der Waals surface area contributed by atoms with Gasteiger partial charge in [-0.2, -0.15) is 0 Å². The van der Waals surface area contributed by atoms with Crippen LogP contribution in [0.25, 0.3) is 20.8 Å². The van der Waals surface area contributed by atoms with E-state index >= 15 is 0 Å². The lowest BCUT2D eigenvalue weighted by Crippen LogP contribution is -2.45. The van der Waals surface area contributed by atoms with E-state index in [4.69, 9.17) is 0 Å². The molecule has 3 aromatic heterocycles. The molecule has 8 nitrogen and oxygen atoms in total. The number of thiazole rings is 2. The summed E-state index contributed by atoms with van der Waals surface area (Å²) < 4.78 is 1.12. The number of aliphatic hydroxyl groups is 1. The number of carbonyl (C=O) groups is 1. The molecule has 1 unspecified atom stereocenters. The lowest BCUT2D eigenvalue weighted by atomic mass is 10.0. The molecule has 3 N–H and O–H groups in total. The molecule has 0 saturated carbocycles. The molecule has 1 aromatic carbocycles. The van der Waals surface area contributed by atoms with E-state index in [1.165, 1.54) is 11.3 Å². The summed E-state index contributed by atoms with van der Waals surface area (Å²) >= 11 is 3.03. The van der Waals surface area contributed by atoms with Gasteiger partial charge in [0.2, 0.25) is 0 Å². The van der Waals surface area contributed by atoms with Crippen LogP contribution in [-0.4, -0.2) is 56.1 Å². The van der Waals surface area contributed by atoms with Gasteiger partial charge in [-0.25, -0.2) is 15.0 Å². The molecule has 35 heavy (non-hydrogen) atoms. The maximum atomic E-state index is 13.1. The Balaban J connectivity index is 1.41. The Morgan fingerprint density at radius 1 is 1.23 bits per heavy atom. The second-order valence-electron chi connectivity index (χ2n) is 8.94. The molecule has 1 fully saturated rings. The van der Waals surface area contributed by atoms with Crippen LogP contribution in [-0.2, 0) is 0 Å². The number of carbonyl (C=O) groups excluding carboxylic acids is 1. The van der Waals surface area contributed by atoms with Crippen molar-refractivity contribution in [3.8, 4) is 10.6 Å². The topological polar surface area (TPSA) is 103 Å². The Labute approximate surface area is 212 Å². The molecule has 0 radical (unpaired) electrons. The molecule has 0 bridgehead atoms. The third-order valence-electron chi connectivity index (χ3n) is 6.00. The van der Waals surface area contributed by atoms with Crippen molar-refractivity contribution in [3.05, 3.63) is 47.0 Å². The van der Waals surface area contributed by atoms with Gasteiger partial charge in [0.15, 0.2) is 0 Å². The number of hydrogen-bond acceptors (Lipinski definition) is 9. The summed E-state index contributed by atoms with van der Waals surface area (Å²) in [5, 5.41) is 19.1. The van der Waals surface area contributed by atoms with E-state index in [9.17, 15) is 9.90 Å². The summed E-state index contributed by atoms with van der Waals surface area (Å²) in [5.74, 6) is 0.599. The molecule has 4 heterocycles. The summed E-state index contributed by atoms with van der Waals surface area (Å²) in [7, 11) is 0. The smallest absolute Gasteiger partial charge is 0.273 e. The lowest BCUT2D eigenvalue weighted by molar-refractivity contribution is 0.0498. The van der Waals surface area contributed by atoms with Crippen LogP contribution in [0.4, 0.5) is 17.2 Å². The Kier molecular flexibility index (Phi) is 6.94. The lowest BCUT2D eigenvalue weighted by Gasteiger charge is -2.34. The molecule has 4 aromatic rings. The fraction of sp³-hybridized carbons (Fsp3) is 0.360. The van der Waals surface area contributed by atoms with Crippen molar-refractivity contribution in [2.75, 3.05) is 23.8 Å². The number of aromatic nitrogens is 3. The number of piperidine rings is 1. The normalized spacial score (nSPS) is 16.1. The summed E-state index contributed by atoms with van der Waals surface area (Å²) in [6, 6.07) is 8.10. The maximum absolute atomic E-state index is 13.1. The van der Waals surface area contributed by atoms with Gasteiger partial charge in [0, 0.05) is 41.6 Å². The summed E-state index contributed by atoms with van der Waals surface area (Å²) in [4.78, 5) is 28.5. The average Bonchev–Trinajstić information content (AvgIpc) is 3.53. The molecular weight excluding hydrogens is 480 g/mol. The predicted molar refractivity (Wildman–Crippen MR) is 143 cm³/mol. The van der Waals surface area contributed by atoms with E-state index in [2.05, 4.69) is 45.5 Å².